The molecule has 0 aromatic carbocycles. The molecule has 2 unspecified atom stereocenters. The topological polar surface area (TPSA) is 0 Å². The quantitative estimate of drug-likeness (QED) is 0.160. The maximum absolute atomic E-state index is 2.34. The zero-order chi connectivity index (χ0) is 19.9. The van der Waals surface area contributed by atoms with Crippen molar-refractivity contribution in [3.05, 3.63) is 0 Å². The summed E-state index contributed by atoms with van der Waals surface area (Å²) >= 11 is 0.566. The van der Waals surface area contributed by atoms with Crippen molar-refractivity contribution in [3.8, 4) is 0 Å². The fourth-order valence-electron chi connectivity index (χ4n) is 4.03. The van der Waals surface area contributed by atoms with Gasteiger partial charge >= 0.3 is 0 Å². The molecular formula is C24H54Al2. The Kier molecular flexibility index (Phi) is 29.3. The number of unbranched alkanes of at least 4 members (excludes halogenated alkanes) is 4. The first-order valence-electron chi connectivity index (χ1n) is 12.7. The van der Waals surface area contributed by atoms with E-state index in [0.717, 1.165) is 0 Å². The van der Waals surface area contributed by atoms with Gasteiger partial charge in [-0.2, -0.15) is 0 Å². The van der Waals surface area contributed by atoms with Crippen molar-refractivity contribution in [1.82, 2.24) is 0 Å². The fourth-order valence-corrected chi connectivity index (χ4v) is 9.31. The summed E-state index contributed by atoms with van der Waals surface area (Å²) in [7, 11) is 0. The molecule has 26 heavy (non-hydrogen) atoms. The third-order valence-electron chi connectivity index (χ3n) is 5.76. The molecule has 0 aromatic heterocycles. The molecule has 0 spiro atoms. The molecule has 0 fully saturated rings. The van der Waals surface area contributed by atoms with E-state index in [-0.39, 0.29) is 30.4 Å². The van der Waals surface area contributed by atoms with Gasteiger partial charge in [0.1, 0.15) is 0 Å². The third-order valence-corrected chi connectivity index (χ3v) is 10.8. The van der Waals surface area contributed by atoms with Crippen molar-refractivity contribution in [1.29, 1.82) is 0 Å². The minimum Gasteiger partial charge on any atom is -0.0970 e. The Bertz CT molecular complexity index is 206. The molecule has 0 amide bonds. The Hall–Kier alpha value is 1.06. The van der Waals surface area contributed by atoms with Crippen molar-refractivity contribution in [2.75, 3.05) is 0 Å². The lowest BCUT2D eigenvalue weighted by Gasteiger charge is -2.13. The molecule has 0 N–H and O–H groups in total. The van der Waals surface area contributed by atoms with Crippen LogP contribution in [0.3, 0.4) is 0 Å². The highest BCUT2D eigenvalue weighted by Crippen LogP contribution is 2.22. The first-order valence-corrected chi connectivity index (χ1v) is 16.3. The molecule has 0 bridgehead atoms. The van der Waals surface area contributed by atoms with Crippen LogP contribution in [0, 0.1) is 0 Å². The van der Waals surface area contributed by atoms with E-state index in [1.807, 2.05) is 0 Å². The second kappa shape index (κ2) is 26.1. The van der Waals surface area contributed by atoms with Gasteiger partial charge in [0.2, 0.25) is 30.4 Å². The minimum absolute atomic E-state index is 0.283. The second-order valence-corrected chi connectivity index (χ2v) is 13.5. The van der Waals surface area contributed by atoms with E-state index in [1.165, 1.54) is 86.6 Å². The Morgan fingerprint density at radius 1 is 0.423 bits per heavy atom. The van der Waals surface area contributed by atoms with Crippen LogP contribution < -0.4 is 0 Å². The molecule has 156 valence electrons. The fraction of sp³-hybridized carbons (Fsp3) is 1.00. The molecule has 0 nitrogen and oxygen atoms in total. The normalized spacial score (nSPS) is 12.8. The standard InChI is InChI=1S/2C8H17.2C4H9.2Al.2H/c2*1-3-5-7-8-6-4-2;2*1-3-4-2;;;;/h2*7H,3-6,8H2,1-2H3;2*1,3-4H2,2H3;;;;. The van der Waals surface area contributed by atoms with Gasteiger partial charge in [-0.15, -0.1) is 0 Å². The molecule has 0 saturated carbocycles. The van der Waals surface area contributed by atoms with Crippen LogP contribution in [0.5, 0.6) is 0 Å². The average molecular weight is 397 g/mol. The van der Waals surface area contributed by atoms with Gasteiger partial charge in [-0.3, -0.25) is 0 Å². The summed E-state index contributed by atoms with van der Waals surface area (Å²) in [5.74, 6) is 0. The zero-order valence-corrected chi connectivity index (χ0v) is 22.7. The van der Waals surface area contributed by atoms with Crippen molar-refractivity contribution in [3.63, 3.8) is 0 Å². The van der Waals surface area contributed by atoms with Crippen molar-refractivity contribution in [2.24, 2.45) is 0 Å². The molecule has 0 aromatic rings. The van der Waals surface area contributed by atoms with Crippen molar-refractivity contribution < 1.29 is 0 Å². The van der Waals surface area contributed by atoms with Crippen LogP contribution in [0.2, 0.25) is 20.1 Å². The van der Waals surface area contributed by atoms with Crippen molar-refractivity contribution in [2.45, 2.75) is 152 Å². The van der Waals surface area contributed by atoms with Gasteiger partial charge in [0.25, 0.3) is 0 Å². The van der Waals surface area contributed by atoms with E-state index in [9.17, 15) is 0 Å². The van der Waals surface area contributed by atoms with Crippen molar-refractivity contribution >= 4 is 30.4 Å². The zero-order valence-electron chi connectivity index (χ0n) is 19.9. The molecule has 0 rings (SSSR count). The lowest BCUT2D eigenvalue weighted by molar-refractivity contribution is 0.615. The molecule has 2 atom stereocenters. The molecule has 0 heterocycles. The lowest BCUT2D eigenvalue weighted by atomic mass is 10.1. The van der Waals surface area contributed by atoms with E-state index < -0.39 is 0 Å². The van der Waals surface area contributed by atoms with E-state index in [0.29, 0.717) is 0 Å². The van der Waals surface area contributed by atoms with E-state index in [2.05, 4.69) is 41.5 Å². The van der Waals surface area contributed by atoms with Gasteiger partial charge in [-0.25, -0.2) is 0 Å². The molecular weight excluding hydrogens is 342 g/mol. The average Bonchev–Trinajstić information content (AvgIpc) is 2.65. The van der Waals surface area contributed by atoms with Crippen LogP contribution in [0.1, 0.15) is 131 Å². The van der Waals surface area contributed by atoms with Crippen LogP contribution in [-0.2, 0) is 0 Å². The molecule has 0 aliphatic heterocycles. The summed E-state index contributed by atoms with van der Waals surface area (Å²) in [6.45, 7) is 13.9. The number of hydrogen-bond acceptors (Lipinski definition) is 0. The lowest BCUT2D eigenvalue weighted by Crippen LogP contribution is -2.03. The summed E-state index contributed by atoms with van der Waals surface area (Å²) < 4.78 is 2.35. The highest BCUT2D eigenvalue weighted by Gasteiger charge is 2.09. The smallest absolute Gasteiger partial charge is 0.0970 e. The molecule has 0 saturated heterocycles. The monoisotopic (exact) mass is 396 g/mol. The molecule has 0 aliphatic carbocycles. The van der Waals surface area contributed by atoms with Gasteiger partial charge < -0.3 is 0 Å². The summed E-state index contributed by atoms with van der Waals surface area (Å²) in [5.41, 5.74) is 0. The highest BCUT2D eigenvalue weighted by molar-refractivity contribution is 6.37. The second-order valence-electron chi connectivity index (χ2n) is 8.59. The van der Waals surface area contributed by atoms with Gasteiger partial charge in [0.05, 0.1) is 0 Å². The Labute approximate surface area is 181 Å². The third kappa shape index (κ3) is 23.1. The maximum Gasteiger partial charge on any atom is 0.241 e. The van der Waals surface area contributed by atoms with Crippen LogP contribution in [-0.4, -0.2) is 30.4 Å². The molecule has 2 heteroatoms. The Morgan fingerprint density at radius 2 is 0.769 bits per heavy atom. The first-order chi connectivity index (χ1) is 12.7. The van der Waals surface area contributed by atoms with Crippen LogP contribution in [0.15, 0.2) is 0 Å². The first kappa shape index (κ1) is 29.3. The van der Waals surface area contributed by atoms with E-state index >= 15 is 0 Å². The Morgan fingerprint density at radius 3 is 1.04 bits per heavy atom. The number of rotatable bonds is 18. The van der Waals surface area contributed by atoms with Crippen LogP contribution in [0.25, 0.3) is 0 Å². The largest absolute Gasteiger partial charge is 0.241 e. The van der Waals surface area contributed by atoms with Crippen LogP contribution in [0.4, 0.5) is 0 Å². The Balaban J connectivity index is 0. The summed E-state index contributed by atoms with van der Waals surface area (Å²) in [5, 5.41) is 3.20. The molecule has 0 radical (unpaired) electrons. The molecule has 0 aliphatic rings. The number of hydrogen-bond donors (Lipinski definition) is 0. The summed E-state index contributed by atoms with van der Waals surface area (Å²) in [6.07, 6.45) is 20.5. The summed E-state index contributed by atoms with van der Waals surface area (Å²) in [4.78, 5) is 0. The van der Waals surface area contributed by atoms with Gasteiger partial charge in [-0.05, 0) is 0 Å². The van der Waals surface area contributed by atoms with Gasteiger partial charge in [-0.1, -0.05) is 152 Å². The predicted molar refractivity (Wildman–Crippen MR) is 130 cm³/mol. The maximum atomic E-state index is 2.34. The predicted octanol–water partition coefficient (Wildman–Crippen LogP) is 8.84. The summed E-state index contributed by atoms with van der Waals surface area (Å²) in [6, 6.07) is 0. The highest BCUT2D eigenvalue weighted by atomic mass is 27.1. The van der Waals surface area contributed by atoms with E-state index in [4.69, 9.17) is 0 Å². The van der Waals surface area contributed by atoms with Gasteiger partial charge in [0.15, 0.2) is 0 Å². The van der Waals surface area contributed by atoms with E-state index in [1.54, 1.807) is 23.4 Å². The minimum atomic E-state index is 0.283. The SMILES string of the molecule is CCC[CH2][AlH][CH](CCC)CCCC.CCC[CH2][AlH][CH](CCC)CCCC. The van der Waals surface area contributed by atoms with Crippen LogP contribution >= 0.6 is 0 Å². The van der Waals surface area contributed by atoms with Gasteiger partial charge in [0, 0.05) is 0 Å².